The summed E-state index contributed by atoms with van der Waals surface area (Å²) in [5.41, 5.74) is 1.34. The summed E-state index contributed by atoms with van der Waals surface area (Å²) in [7, 11) is 0. The molecule has 1 nitrogen and oxygen atoms in total. The van der Waals surface area contributed by atoms with E-state index in [0.717, 1.165) is 6.54 Å². The van der Waals surface area contributed by atoms with Crippen molar-refractivity contribution in [1.29, 1.82) is 0 Å². The normalized spacial score (nSPS) is 12.6. The van der Waals surface area contributed by atoms with Crippen molar-refractivity contribution in [2.45, 2.75) is 24.8 Å². The highest BCUT2D eigenvalue weighted by molar-refractivity contribution is 7.98. The van der Waals surface area contributed by atoms with Crippen LogP contribution in [0.25, 0.3) is 0 Å². The molecule has 96 valence electrons. The van der Waals surface area contributed by atoms with Gasteiger partial charge < -0.3 is 5.32 Å². The van der Waals surface area contributed by atoms with E-state index >= 15 is 0 Å². The van der Waals surface area contributed by atoms with E-state index in [9.17, 15) is 0 Å². The quantitative estimate of drug-likeness (QED) is 0.809. The van der Waals surface area contributed by atoms with Crippen LogP contribution in [-0.4, -0.2) is 12.8 Å². The molecule has 1 aromatic heterocycles. The Kier molecular flexibility index (Phi) is 4.87. The maximum absolute atomic E-state index is 3.57. The second kappa shape index (κ2) is 6.41. The standard InChI is InChI=1S/C15H19NS2/c1-4-16-15(14-10-5-11(2)18-14)12-6-8-13(17-3)9-7-12/h5-10,15-16H,4H2,1-3H3. The minimum Gasteiger partial charge on any atom is -0.306 e. The molecule has 0 saturated heterocycles. The molecule has 0 fully saturated rings. The average Bonchev–Trinajstić information content (AvgIpc) is 2.82. The smallest absolute Gasteiger partial charge is 0.0671 e. The molecule has 0 amide bonds. The molecule has 0 saturated carbocycles. The molecule has 0 radical (unpaired) electrons. The number of hydrogen-bond donors (Lipinski definition) is 1. The molecule has 0 aliphatic heterocycles. The summed E-state index contributed by atoms with van der Waals surface area (Å²) in [5.74, 6) is 0. The Morgan fingerprint density at radius 2 is 1.89 bits per heavy atom. The summed E-state index contributed by atoms with van der Waals surface area (Å²) in [5, 5.41) is 3.57. The first-order valence-corrected chi connectivity index (χ1v) is 8.22. The molecule has 0 aliphatic carbocycles. The molecule has 0 aliphatic rings. The molecule has 2 aromatic rings. The average molecular weight is 277 g/mol. The fourth-order valence-electron chi connectivity index (χ4n) is 1.99. The Labute approximate surface area is 118 Å². The highest BCUT2D eigenvalue weighted by atomic mass is 32.2. The highest BCUT2D eigenvalue weighted by Crippen LogP contribution is 2.29. The van der Waals surface area contributed by atoms with Gasteiger partial charge in [-0.05, 0) is 49.6 Å². The molecule has 2 rings (SSSR count). The molecule has 1 unspecified atom stereocenters. The van der Waals surface area contributed by atoms with E-state index in [1.807, 2.05) is 11.3 Å². The number of hydrogen-bond acceptors (Lipinski definition) is 3. The topological polar surface area (TPSA) is 12.0 Å². The molecule has 0 spiro atoms. The van der Waals surface area contributed by atoms with Crippen LogP contribution >= 0.6 is 23.1 Å². The van der Waals surface area contributed by atoms with Crippen LogP contribution in [0.3, 0.4) is 0 Å². The van der Waals surface area contributed by atoms with Crippen molar-refractivity contribution in [3.05, 3.63) is 51.7 Å². The van der Waals surface area contributed by atoms with E-state index in [0.29, 0.717) is 6.04 Å². The summed E-state index contributed by atoms with van der Waals surface area (Å²) < 4.78 is 0. The lowest BCUT2D eigenvalue weighted by atomic mass is 10.1. The Hall–Kier alpha value is -0.770. The zero-order valence-corrected chi connectivity index (χ0v) is 12.7. The van der Waals surface area contributed by atoms with Gasteiger partial charge in [0.25, 0.3) is 0 Å². The largest absolute Gasteiger partial charge is 0.306 e. The van der Waals surface area contributed by atoms with E-state index in [2.05, 4.69) is 61.8 Å². The predicted octanol–water partition coefficient (Wildman–Crippen LogP) is 4.48. The number of benzene rings is 1. The van der Waals surface area contributed by atoms with Crippen LogP contribution < -0.4 is 5.32 Å². The molecule has 1 heterocycles. The third-order valence-electron chi connectivity index (χ3n) is 2.90. The van der Waals surface area contributed by atoms with Gasteiger partial charge in [0.15, 0.2) is 0 Å². The van der Waals surface area contributed by atoms with Gasteiger partial charge in [-0.3, -0.25) is 0 Å². The SMILES string of the molecule is CCNC(c1ccc(SC)cc1)c1ccc(C)s1. The van der Waals surface area contributed by atoms with Crippen LogP contribution in [-0.2, 0) is 0 Å². The summed E-state index contributed by atoms with van der Waals surface area (Å²) >= 11 is 3.66. The van der Waals surface area contributed by atoms with Gasteiger partial charge in [0.05, 0.1) is 6.04 Å². The Morgan fingerprint density at radius 3 is 2.39 bits per heavy atom. The van der Waals surface area contributed by atoms with Crippen molar-refractivity contribution < 1.29 is 0 Å². The lowest BCUT2D eigenvalue weighted by Gasteiger charge is -2.17. The van der Waals surface area contributed by atoms with E-state index in [4.69, 9.17) is 0 Å². The number of nitrogens with one attached hydrogen (secondary N) is 1. The molecule has 1 aromatic carbocycles. The number of rotatable bonds is 5. The zero-order chi connectivity index (χ0) is 13.0. The van der Waals surface area contributed by atoms with E-state index in [1.165, 1.54) is 20.2 Å². The zero-order valence-electron chi connectivity index (χ0n) is 11.1. The highest BCUT2D eigenvalue weighted by Gasteiger charge is 2.14. The van der Waals surface area contributed by atoms with Gasteiger partial charge in [-0.15, -0.1) is 23.1 Å². The molecule has 3 heteroatoms. The third kappa shape index (κ3) is 3.16. The van der Waals surface area contributed by atoms with Crippen LogP contribution in [0.5, 0.6) is 0 Å². The molecular formula is C15H19NS2. The van der Waals surface area contributed by atoms with Crippen molar-refractivity contribution in [2.75, 3.05) is 12.8 Å². The maximum atomic E-state index is 3.57. The monoisotopic (exact) mass is 277 g/mol. The first kappa shape index (κ1) is 13.7. The Morgan fingerprint density at radius 1 is 1.17 bits per heavy atom. The predicted molar refractivity (Wildman–Crippen MR) is 82.8 cm³/mol. The van der Waals surface area contributed by atoms with Crippen molar-refractivity contribution in [1.82, 2.24) is 5.32 Å². The van der Waals surface area contributed by atoms with Crippen molar-refractivity contribution in [3.8, 4) is 0 Å². The molecular weight excluding hydrogens is 258 g/mol. The van der Waals surface area contributed by atoms with Gasteiger partial charge in [0.2, 0.25) is 0 Å². The minimum absolute atomic E-state index is 0.324. The molecule has 1 N–H and O–H groups in total. The van der Waals surface area contributed by atoms with Crippen LogP contribution in [0, 0.1) is 6.92 Å². The van der Waals surface area contributed by atoms with Crippen LogP contribution in [0.2, 0.25) is 0 Å². The van der Waals surface area contributed by atoms with Gasteiger partial charge in [0, 0.05) is 14.6 Å². The van der Waals surface area contributed by atoms with E-state index in [-0.39, 0.29) is 0 Å². The minimum atomic E-state index is 0.324. The second-order valence-corrected chi connectivity index (χ2v) is 6.41. The second-order valence-electron chi connectivity index (χ2n) is 4.21. The molecule has 0 bridgehead atoms. The van der Waals surface area contributed by atoms with E-state index < -0.39 is 0 Å². The van der Waals surface area contributed by atoms with E-state index in [1.54, 1.807) is 11.8 Å². The first-order chi connectivity index (χ1) is 8.74. The summed E-state index contributed by atoms with van der Waals surface area (Å²) in [4.78, 5) is 4.08. The van der Waals surface area contributed by atoms with Crippen molar-refractivity contribution in [2.24, 2.45) is 0 Å². The van der Waals surface area contributed by atoms with Gasteiger partial charge >= 0.3 is 0 Å². The number of aryl methyl sites for hydroxylation is 1. The lowest BCUT2D eigenvalue weighted by molar-refractivity contribution is 0.639. The van der Waals surface area contributed by atoms with Crippen LogP contribution in [0.15, 0.2) is 41.3 Å². The fraction of sp³-hybridized carbons (Fsp3) is 0.333. The fourth-order valence-corrected chi connectivity index (χ4v) is 3.38. The summed E-state index contributed by atoms with van der Waals surface area (Å²) in [6, 6.07) is 13.6. The lowest BCUT2D eigenvalue weighted by Crippen LogP contribution is -2.20. The van der Waals surface area contributed by atoms with Crippen LogP contribution in [0.4, 0.5) is 0 Å². The summed E-state index contributed by atoms with van der Waals surface area (Å²) in [6.45, 7) is 5.30. The van der Waals surface area contributed by atoms with Gasteiger partial charge in [-0.1, -0.05) is 19.1 Å². The molecule has 18 heavy (non-hydrogen) atoms. The Bertz CT molecular complexity index is 487. The van der Waals surface area contributed by atoms with Crippen molar-refractivity contribution >= 4 is 23.1 Å². The number of thiophene rings is 1. The Balaban J connectivity index is 2.28. The van der Waals surface area contributed by atoms with Gasteiger partial charge in [-0.2, -0.15) is 0 Å². The van der Waals surface area contributed by atoms with Crippen LogP contribution in [0.1, 0.15) is 28.3 Å². The van der Waals surface area contributed by atoms with Crippen molar-refractivity contribution in [3.63, 3.8) is 0 Å². The molecule has 1 atom stereocenters. The van der Waals surface area contributed by atoms with Gasteiger partial charge in [0.1, 0.15) is 0 Å². The maximum Gasteiger partial charge on any atom is 0.0671 e. The van der Waals surface area contributed by atoms with Gasteiger partial charge in [-0.25, -0.2) is 0 Å². The number of thioether (sulfide) groups is 1. The third-order valence-corrected chi connectivity index (χ3v) is 4.71. The first-order valence-electron chi connectivity index (χ1n) is 6.18. The summed E-state index contributed by atoms with van der Waals surface area (Å²) in [6.07, 6.45) is 2.11.